The minimum Gasteiger partial charge on any atom is -0.459 e. The average Bonchev–Trinajstić information content (AvgIpc) is 3.18. The SMILES string of the molecule is CCC(C)C(NC(=O)OC(C)(C)C)C(=O)N1CCC[C@H]1C(=O)OCc1ccccc1. The zero-order chi connectivity index (χ0) is 22.3. The molecule has 1 aliphatic rings. The highest BCUT2D eigenvalue weighted by Crippen LogP contribution is 2.23. The Labute approximate surface area is 179 Å². The molecule has 2 unspecified atom stereocenters. The van der Waals surface area contributed by atoms with Gasteiger partial charge < -0.3 is 19.7 Å². The van der Waals surface area contributed by atoms with Crippen molar-refractivity contribution >= 4 is 18.0 Å². The van der Waals surface area contributed by atoms with Gasteiger partial charge in [0.05, 0.1) is 0 Å². The molecule has 0 spiro atoms. The molecule has 2 rings (SSSR count). The van der Waals surface area contributed by atoms with Gasteiger partial charge in [0, 0.05) is 6.54 Å². The molecular weight excluding hydrogens is 384 g/mol. The first-order chi connectivity index (χ1) is 14.1. The molecule has 3 atom stereocenters. The minimum atomic E-state index is -0.757. The number of likely N-dealkylation sites (tertiary alicyclic amines) is 1. The lowest BCUT2D eigenvalue weighted by molar-refractivity contribution is -0.155. The van der Waals surface area contributed by atoms with Crippen molar-refractivity contribution in [3.8, 4) is 0 Å². The third-order valence-electron chi connectivity index (χ3n) is 5.18. The lowest BCUT2D eigenvalue weighted by Gasteiger charge is -2.31. The van der Waals surface area contributed by atoms with E-state index < -0.39 is 29.7 Å². The largest absolute Gasteiger partial charge is 0.459 e. The summed E-state index contributed by atoms with van der Waals surface area (Å²) in [6.45, 7) is 9.80. The maximum absolute atomic E-state index is 13.3. The molecule has 1 aromatic rings. The summed E-state index contributed by atoms with van der Waals surface area (Å²) in [6, 6.07) is 8.04. The van der Waals surface area contributed by atoms with Crippen molar-refractivity contribution in [3.63, 3.8) is 0 Å². The Balaban J connectivity index is 2.05. The summed E-state index contributed by atoms with van der Waals surface area (Å²) in [5.74, 6) is -0.786. The van der Waals surface area contributed by atoms with Crippen LogP contribution in [0, 0.1) is 5.92 Å². The molecule has 1 aliphatic heterocycles. The van der Waals surface area contributed by atoms with Crippen LogP contribution in [-0.4, -0.2) is 47.1 Å². The van der Waals surface area contributed by atoms with Crippen LogP contribution in [0.25, 0.3) is 0 Å². The van der Waals surface area contributed by atoms with Crippen LogP contribution < -0.4 is 5.32 Å². The van der Waals surface area contributed by atoms with E-state index in [-0.39, 0.29) is 18.4 Å². The highest BCUT2D eigenvalue weighted by atomic mass is 16.6. The molecule has 166 valence electrons. The second-order valence-corrected chi connectivity index (χ2v) is 8.79. The zero-order valence-corrected chi connectivity index (χ0v) is 18.6. The standard InChI is InChI=1S/C23H34N2O5/c1-6-16(2)19(24-22(28)30-23(3,4)5)20(26)25-14-10-13-18(25)21(27)29-15-17-11-8-7-9-12-17/h7-9,11-12,16,18-19H,6,10,13-15H2,1-5H3,(H,24,28)/t16?,18-,19?/m0/s1. The molecular formula is C23H34N2O5. The number of rotatable bonds is 7. The second kappa shape index (κ2) is 10.5. The van der Waals surface area contributed by atoms with E-state index in [9.17, 15) is 14.4 Å². The van der Waals surface area contributed by atoms with Crippen LogP contribution >= 0.6 is 0 Å². The van der Waals surface area contributed by atoms with Crippen molar-refractivity contribution < 1.29 is 23.9 Å². The summed E-state index contributed by atoms with van der Waals surface area (Å²) in [6.07, 6.45) is 1.34. The van der Waals surface area contributed by atoms with Gasteiger partial charge in [0.15, 0.2) is 0 Å². The van der Waals surface area contributed by atoms with E-state index in [2.05, 4.69) is 5.32 Å². The first-order valence-electron chi connectivity index (χ1n) is 10.6. The fourth-order valence-electron chi connectivity index (χ4n) is 3.40. The normalized spacial score (nSPS) is 18.4. The van der Waals surface area contributed by atoms with Gasteiger partial charge in [-0.1, -0.05) is 50.6 Å². The van der Waals surface area contributed by atoms with Crippen molar-refractivity contribution in [2.75, 3.05) is 6.54 Å². The van der Waals surface area contributed by atoms with Crippen molar-refractivity contribution in [3.05, 3.63) is 35.9 Å². The molecule has 0 saturated carbocycles. The summed E-state index contributed by atoms with van der Waals surface area (Å²) >= 11 is 0. The maximum Gasteiger partial charge on any atom is 0.408 e. The number of alkyl carbamates (subject to hydrolysis) is 1. The van der Waals surface area contributed by atoms with E-state index in [4.69, 9.17) is 9.47 Å². The van der Waals surface area contributed by atoms with Gasteiger partial charge in [-0.05, 0) is 45.1 Å². The number of carbonyl (C=O) groups excluding carboxylic acids is 3. The van der Waals surface area contributed by atoms with Crippen LogP contribution in [0.2, 0.25) is 0 Å². The topological polar surface area (TPSA) is 84.9 Å². The number of nitrogens with zero attached hydrogens (tertiary/aromatic N) is 1. The number of nitrogens with one attached hydrogen (secondary N) is 1. The van der Waals surface area contributed by atoms with E-state index in [1.807, 2.05) is 44.2 Å². The summed E-state index contributed by atoms with van der Waals surface area (Å²) in [4.78, 5) is 39.8. The molecule has 1 N–H and O–H groups in total. The van der Waals surface area contributed by atoms with Gasteiger partial charge in [0.2, 0.25) is 5.91 Å². The third-order valence-corrected chi connectivity index (χ3v) is 5.18. The maximum atomic E-state index is 13.3. The Morgan fingerprint density at radius 1 is 1.20 bits per heavy atom. The number of hydrogen-bond donors (Lipinski definition) is 1. The predicted molar refractivity (Wildman–Crippen MR) is 114 cm³/mol. The lowest BCUT2D eigenvalue weighted by atomic mass is 9.97. The van der Waals surface area contributed by atoms with Crippen LogP contribution in [0.5, 0.6) is 0 Å². The minimum absolute atomic E-state index is 0.105. The summed E-state index contributed by atoms with van der Waals surface area (Å²) in [5, 5.41) is 2.71. The van der Waals surface area contributed by atoms with Gasteiger partial charge in [0.25, 0.3) is 0 Å². The van der Waals surface area contributed by atoms with E-state index in [0.29, 0.717) is 19.4 Å². The first kappa shape index (κ1) is 23.7. The summed E-state index contributed by atoms with van der Waals surface area (Å²) < 4.78 is 10.8. The van der Waals surface area contributed by atoms with Gasteiger partial charge in [-0.25, -0.2) is 9.59 Å². The Kier molecular flexibility index (Phi) is 8.26. The van der Waals surface area contributed by atoms with Crippen LogP contribution in [0.1, 0.15) is 59.4 Å². The number of amides is 2. The van der Waals surface area contributed by atoms with Gasteiger partial charge in [-0.15, -0.1) is 0 Å². The van der Waals surface area contributed by atoms with Crippen LogP contribution in [-0.2, 0) is 25.7 Å². The summed E-state index contributed by atoms with van der Waals surface area (Å²) in [7, 11) is 0. The number of carbonyl (C=O) groups is 3. The van der Waals surface area contributed by atoms with E-state index in [1.165, 1.54) is 0 Å². The molecule has 0 aliphatic carbocycles. The molecule has 1 heterocycles. The number of hydrogen-bond acceptors (Lipinski definition) is 5. The van der Waals surface area contributed by atoms with Crippen molar-refractivity contribution in [1.82, 2.24) is 10.2 Å². The average molecular weight is 419 g/mol. The number of benzene rings is 1. The molecule has 1 aromatic carbocycles. The van der Waals surface area contributed by atoms with Gasteiger partial charge in [0.1, 0.15) is 24.3 Å². The van der Waals surface area contributed by atoms with Crippen LogP contribution in [0.3, 0.4) is 0 Å². The van der Waals surface area contributed by atoms with E-state index in [1.54, 1.807) is 25.7 Å². The quantitative estimate of drug-likeness (QED) is 0.683. The van der Waals surface area contributed by atoms with Crippen LogP contribution in [0.15, 0.2) is 30.3 Å². The van der Waals surface area contributed by atoms with Crippen LogP contribution in [0.4, 0.5) is 4.79 Å². The Bertz CT molecular complexity index is 729. The molecule has 0 radical (unpaired) electrons. The smallest absolute Gasteiger partial charge is 0.408 e. The monoisotopic (exact) mass is 418 g/mol. The fourth-order valence-corrected chi connectivity index (χ4v) is 3.40. The fraction of sp³-hybridized carbons (Fsp3) is 0.609. The number of esters is 1. The van der Waals surface area contributed by atoms with Gasteiger partial charge >= 0.3 is 12.1 Å². The van der Waals surface area contributed by atoms with Crippen molar-refractivity contribution in [2.45, 2.75) is 78.2 Å². The second-order valence-electron chi connectivity index (χ2n) is 8.79. The predicted octanol–water partition coefficient (Wildman–Crippen LogP) is 3.66. The van der Waals surface area contributed by atoms with Crippen molar-refractivity contribution in [2.24, 2.45) is 5.92 Å². The highest BCUT2D eigenvalue weighted by molar-refractivity contribution is 5.90. The van der Waals surface area contributed by atoms with Gasteiger partial charge in [-0.2, -0.15) is 0 Å². The number of ether oxygens (including phenoxy) is 2. The summed E-state index contributed by atoms with van der Waals surface area (Å²) in [5.41, 5.74) is 0.232. The highest BCUT2D eigenvalue weighted by Gasteiger charge is 2.40. The molecule has 1 fully saturated rings. The lowest BCUT2D eigenvalue weighted by Crippen LogP contribution is -2.55. The van der Waals surface area contributed by atoms with Crippen molar-refractivity contribution in [1.29, 1.82) is 0 Å². The molecule has 7 heteroatoms. The molecule has 1 saturated heterocycles. The molecule has 30 heavy (non-hydrogen) atoms. The molecule has 2 amide bonds. The zero-order valence-electron chi connectivity index (χ0n) is 18.6. The molecule has 7 nitrogen and oxygen atoms in total. The first-order valence-corrected chi connectivity index (χ1v) is 10.6. The third kappa shape index (κ3) is 6.75. The Morgan fingerprint density at radius 2 is 1.87 bits per heavy atom. The van der Waals surface area contributed by atoms with E-state index >= 15 is 0 Å². The van der Waals surface area contributed by atoms with Gasteiger partial charge in [-0.3, -0.25) is 4.79 Å². The molecule has 0 bridgehead atoms. The van der Waals surface area contributed by atoms with E-state index in [0.717, 1.165) is 12.0 Å². The molecule has 0 aromatic heterocycles. The Morgan fingerprint density at radius 3 is 2.47 bits per heavy atom. The Hall–Kier alpha value is -2.57.